The number of aryl methyl sites for hydroxylation is 1. The zero-order valence-corrected chi connectivity index (χ0v) is 6.89. The summed E-state index contributed by atoms with van der Waals surface area (Å²) in [5, 5.41) is 15.9. The highest BCUT2D eigenvalue weighted by Crippen LogP contribution is 2.15. The van der Waals surface area contributed by atoms with E-state index in [9.17, 15) is 0 Å². The average molecular weight is 181 g/mol. The molecule has 2 aromatic rings. The van der Waals surface area contributed by atoms with Gasteiger partial charge in [0.25, 0.3) is 5.89 Å². The van der Waals surface area contributed by atoms with E-state index in [2.05, 4.69) is 15.3 Å². The van der Waals surface area contributed by atoms with E-state index in [4.69, 9.17) is 14.2 Å². The van der Waals surface area contributed by atoms with E-state index in [1.54, 1.807) is 13.0 Å². The monoisotopic (exact) mass is 181 g/mol. The zero-order chi connectivity index (χ0) is 9.26. The van der Waals surface area contributed by atoms with Crippen molar-refractivity contribution in [2.24, 2.45) is 0 Å². The van der Waals surface area contributed by atoms with Gasteiger partial charge in [0.05, 0.1) is 0 Å². The molecule has 6 nitrogen and oxygen atoms in total. The molecule has 0 aliphatic heterocycles. The standard InChI is InChI=1S/C7H7N3O3/c1-4-2-5(9-12-4)7-8-6(3-11)10-13-7/h2,11H,3H2,1H3. The largest absolute Gasteiger partial charge is 0.388 e. The molecule has 1 N–H and O–H groups in total. The normalized spacial score (nSPS) is 10.6. The molecule has 2 heterocycles. The van der Waals surface area contributed by atoms with Gasteiger partial charge in [0.2, 0.25) is 0 Å². The van der Waals surface area contributed by atoms with Crippen molar-refractivity contribution in [3.63, 3.8) is 0 Å². The molecule has 0 aromatic carbocycles. The first kappa shape index (κ1) is 7.93. The van der Waals surface area contributed by atoms with E-state index < -0.39 is 0 Å². The third kappa shape index (κ3) is 1.43. The third-order valence-corrected chi connectivity index (χ3v) is 1.46. The summed E-state index contributed by atoms with van der Waals surface area (Å²) in [6, 6.07) is 1.68. The van der Waals surface area contributed by atoms with Gasteiger partial charge in [0.1, 0.15) is 12.4 Å². The Morgan fingerprint density at radius 1 is 1.38 bits per heavy atom. The second-order valence-electron chi connectivity index (χ2n) is 2.50. The second-order valence-corrected chi connectivity index (χ2v) is 2.50. The summed E-state index contributed by atoms with van der Waals surface area (Å²) in [6.07, 6.45) is 0. The van der Waals surface area contributed by atoms with Gasteiger partial charge in [-0.15, -0.1) is 0 Å². The van der Waals surface area contributed by atoms with Gasteiger partial charge in [-0.2, -0.15) is 4.98 Å². The molecule has 0 fully saturated rings. The van der Waals surface area contributed by atoms with Gasteiger partial charge >= 0.3 is 0 Å². The maximum absolute atomic E-state index is 8.67. The van der Waals surface area contributed by atoms with Gasteiger partial charge in [0, 0.05) is 6.07 Å². The fourth-order valence-corrected chi connectivity index (χ4v) is 0.889. The molecule has 0 saturated heterocycles. The van der Waals surface area contributed by atoms with Crippen molar-refractivity contribution in [1.29, 1.82) is 0 Å². The lowest BCUT2D eigenvalue weighted by molar-refractivity contribution is 0.264. The van der Waals surface area contributed by atoms with E-state index in [0.717, 1.165) is 0 Å². The van der Waals surface area contributed by atoms with E-state index in [0.29, 0.717) is 11.5 Å². The topological polar surface area (TPSA) is 85.2 Å². The fourth-order valence-electron chi connectivity index (χ4n) is 0.889. The molecule has 2 rings (SSSR count). The molecular formula is C7H7N3O3. The van der Waals surface area contributed by atoms with Gasteiger partial charge in [-0.05, 0) is 6.92 Å². The van der Waals surface area contributed by atoms with E-state index >= 15 is 0 Å². The van der Waals surface area contributed by atoms with Gasteiger partial charge in [-0.1, -0.05) is 10.3 Å². The average Bonchev–Trinajstić information content (AvgIpc) is 2.71. The van der Waals surface area contributed by atoms with Crippen LogP contribution in [0.3, 0.4) is 0 Å². The van der Waals surface area contributed by atoms with Gasteiger partial charge in [-0.3, -0.25) is 0 Å². The minimum Gasteiger partial charge on any atom is -0.388 e. The quantitative estimate of drug-likeness (QED) is 0.727. The number of aliphatic hydroxyl groups excluding tert-OH is 1. The van der Waals surface area contributed by atoms with Crippen LogP contribution in [0, 0.1) is 6.92 Å². The highest BCUT2D eigenvalue weighted by atomic mass is 16.5. The summed E-state index contributed by atoms with van der Waals surface area (Å²) in [5.74, 6) is 1.15. The fraction of sp³-hybridized carbons (Fsp3) is 0.286. The van der Waals surface area contributed by atoms with E-state index in [1.165, 1.54) is 0 Å². The predicted molar refractivity (Wildman–Crippen MR) is 40.5 cm³/mol. The lowest BCUT2D eigenvalue weighted by atomic mass is 10.4. The van der Waals surface area contributed by atoms with E-state index in [-0.39, 0.29) is 18.3 Å². The van der Waals surface area contributed by atoms with Crippen molar-refractivity contribution in [3.05, 3.63) is 17.7 Å². The van der Waals surface area contributed by atoms with Crippen molar-refractivity contribution in [2.45, 2.75) is 13.5 Å². The van der Waals surface area contributed by atoms with Crippen LogP contribution in [-0.2, 0) is 6.61 Å². The lowest BCUT2D eigenvalue weighted by Crippen LogP contribution is -1.84. The lowest BCUT2D eigenvalue weighted by Gasteiger charge is -1.79. The minimum absolute atomic E-state index is 0.232. The van der Waals surface area contributed by atoms with Crippen LogP contribution in [0.4, 0.5) is 0 Å². The molecule has 0 radical (unpaired) electrons. The first-order valence-electron chi connectivity index (χ1n) is 3.66. The summed E-state index contributed by atoms with van der Waals surface area (Å²) in [4.78, 5) is 3.86. The van der Waals surface area contributed by atoms with Crippen molar-refractivity contribution in [1.82, 2.24) is 15.3 Å². The minimum atomic E-state index is -0.250. The Kier molecular flexibility index (Phi) is 1.82. The highest BCUT2D eigenvalue weighted by molar-refractivity contribution is 5.45. The zero-order valence-electron chi connectivity index (χ0n) is 6.89. The molecule has 6 heteroatoms. The summed E-state index contributed by atoms with van der Waals surface area (Å²) >= 11 is 0. The predicted octanol–water partition coefficient (Wildman–Crippen LogP) is 0.525. The number of hydrogen-bond donors (Lipinski definition) is 1. The van der Waals surface area contributed by atoms with Gasteiger partial charge in [-0.25, -0.2) is 0 Å². The Morgan fingerprint density at radius 3 is 2.77 bits per heavy atom. The van der Waals surface area contributed by atoms with Crippen molar-refractivity contribution >= 4 is 0 Å². The number of aliphatic hydroxyl groups is 1. The summed E-state index contributed by atoms with van der Waals surface area (Å²) in [6.45, 7) is 1.51. The molecule has 0 amide bonds. The maximum Gasteiger partial charge on any atom is 0.280 e. The molecule has 0 spiro atoms. The maximum atomic E-state index is 8.67. The van der Waals surface area contributed by atoms with Crippen LogP contribution in [-0.4, -0.2) is 20.4 Å². The Morgan fingerprint density at radius 2 is 2.23 bits per heavy atom. The first-order valence-corrected chi connectivity index (χ1v) is 3.66. The molecule has 2 aromatic heterocycles. The Balaban J connectivity index is 2.35. The van der Waals surface area contributed by atoms with Crippen molar-refractivity contribution in [2.75, 3.05) is 0 Å². The number of aromatic nitrogens is 3. The molecule has 0 unspecified atom stereocenters. The summed E-state index contributed by atoms with van der Waals surface area (Å²) in [7, 11) is 0. The number of hydrogen-bond acceptors (Lipinski definition) is 6. The van der Waals surface area contributed by atoms with Crippen LogP contribution in [0.1, 0.15) is 11.6 Å². The highest BCUT2D eigenvalue weighted by Gasteiger charge is 2.11. The van der Waals surface area contributed by atoms with Crippen LogP contribution in [0.5, 0.6) is 0 Å². The Hall–Kier alpha value is -1.69. The molecule has 0 bridgehead atoms. The van der Waals surface area contributed by atoms with Crippen LogP contribution >= 0.6 is 0 Å². The molecule has 13 heavy (non-hydrogen) atoms. The van der Waals surface area contributed by atoms with Crippen LogP contribution < -0.4 is 0 Å². The smallest absolute Gasteiger partial charge is 0.280 e. The second kappa shape index (κ2) is 2.98. The molecule has 0 saturated carbocycles. The molecular weight excluding hydrogens is 174 g/mol. The SMILES string of the molecule is Cc1cc(-c2nc(CO)no2)no1. The van der Waals surface area contributed by atoms with Crippen LogP contribution in [0.15, 0.2) is 15.1 Å². The summed E-state index contributed by atoms with van der Waals surface area (Å²) < 4.78 is 9.63. The molecule has 0 atom stereocenters. The van der Waals surface area contributed by atoms with Gasteiger partial charge < -0.3 is 14.2 Å². The number of rotatable bonds is 2. The molecule has 0 aliphatic rings. The van der Waals surface area contributed by atoms with Crippen LogP contribution in [0.25, 0.3) is 11.6 Å². The third-order valence-electron chi connectivity index (χ3n) is 1.46. The van der Waals surface area contributed by atoms with Crippen molar-refractivity contribution in [3.8, 4) is 11.6 Å². The Labute approximate surface area is 73.2 Å². The number of nitrogens with zero attached hydrogens (tertiary/aromatic N) is 3. The van der Waals surface area contributed by atoms with Crippen molar-refractivity contribution < 1.29 is 14.2 Å². The first-order chi connectivity index (χ1) is 6.29. The molecule has 68 valence electrons. The Bertz CT molecular complexity index is 407. The summed E-state index contributed by atoms with van der Waals surface area (Å²) in [5.41, 5.74) is 0.477. The molecule has 0 aliphatic carbocycles. The van der Waals surface area contributed by atoms with Gasteiger partial charge in [0.15, 0.2) is 11.5 Å². The van der Waals surface area contributed by atoms with E-state index in [1.807, 2.05) is 0 Å². The van der Waals surface area contributed by atoms with Crippen LogP contribution in [0.2, 0.25) is 0 Å².